The molecule has 1 aromatic rings. The van der Waals surface area contributed by atoms with Crippen LogP contribution in [-0.2, 0) is 4.79 Å². The van der Waals surface area contributed by atoms with Gasteiger partial charge in [-0.3, -0.25) is 4.79 Å². The van der Waals surface area contributed by atoms with Crippen molar-refractivity contribution in [3.05, 3.63) is 29.8 Å². The van der Waals surface area contributed by atoms with Crippen LogP contribution in [0.25, 0.3) is 0 Å². The SMILES string of the molecule is CCCC(N)C(=O)Nc1cccc(F)c1F. The number of halogens is 2. The molecule has 0 radical (unpaired) electrons. The number of hydrogen-bond acceptors (Lipinski definition) is 2. The molecular weight excluding hydrogens is 214 g/mol. The highest BCUT2D eigenvalue weighted by Crippen LogP contribution is 2.16. The molecule has 5 heteroatoms. The molecule has 0 saturated carbocycles. The summed E-state index contributed by atoms with van der Waals surface area (Å²) in [5.41, 5.74) is 5.35. The lowest BCUT2D eigenvalue weighted by Crippen LogP contribution is -2.35. The maximum absolute atomic E-state index is 13.2. The maximum Gasteiger partial charge on any atom is 0.241 e. The van der Waals surface area contributed by atoms with E-state index in [1.807, 2.05) is 6.92 Å². The monoisotopic (exact) mass is 228 g/mol. The predicted molar refractivity (Wildman–Crippen MR) is 57.9 cm³/mol. The van der Waals surface area contributed by atoms with Crippen LogP contribution in [-0.4, -0.2) is 11.9 Å². The molecule has 0 spiro atoms. The fourth-order valence-corrected chi connectivity index (χ4v) is 1.27. The number of amides is 1. The third-order valence-electron chi connectivity index (χ3n) is 2.15. The number of nitrogens with two attached hydrogens (primary N) is 1. The summed E-state index contributed by atoms with van der Waals surface area (Å²) in [7, 11) is 0. The zero-order valence-corrected chi connectivity index (χ0v) is 8.97. The zero-order chi connectivity index (χ0) is 12.1. The molecule has 0 fully saturated rings. The van der Waals surface area contributed by atoms with Crippen LogP contribution >= 0.6 is 0 Å². The molecule has 0 saturated heterocycles. The fourth-order valence-electron chi connectivity index (χ4n) is 1.27. The van der Waals surface area contributed by atoms with Gasteiger partial charge in [0.1, 0.15) is 0 Å². The van der Waals surface area contributed by atoms with E-state index in [4.69, 9.17) is 5.73 Å². The molecule has 1 amide bonds. The Morgan fingerprint density at radius 2 is 2.19 bits per heavy atom. The molecule has 0 aromatic heterocycles. The van der Waals surface area contributed by atoms with E-state index in [0.29, 0.717) is 6.42 Å². The molecule has 0 heterocycles. The summed E-state index contributed by atoms with van der Waals surface area (Å²) < 4.78 is 26.0. The lowest BCUT2D eigenvalue weighted by molar-refractivity contribution is -0.117. The molecule has 0 aliphatic carbocycles. The Bertz CT molecular complexity index is 382. The Kier molecular flexibility index (Phi) is 4.37. The number of hydrogen-bond donors (Lipinski definition) is 2. The molecule has 0 aliphatic heterocycles. The van der Waals surface area contributed by atoms with E-state index in [0.717, 1.165) is 12.5 Å². The number of carbonyl (C=O) groups is 1. The molecule has 1 rings (SSSR count). The largest absolute Gasteiger partial charge is 0.322 e. The lowest BCUT2D eigenvalue weighted by Gasteiger charge is -2.11. The molecular formula is C11H14F2N2O. The van der Waals surface area contributed by atoms with Gasteiger partial charge in [0.05, 0.1) is 11.7 Å². The van der Waals surface area contributed by atoms with Gasteiger partial charge in [-0.25, -0.2) is 8.78 Å². The molecule has 1 aromatic carbocycles. The van der Waals surface area contributed by atoms with Gasteiger partial charge in [0, 0.05) is 0 Å². The Hall–Kier alpha value is -1.49. The van der Waals surface area contributed by atoms with Crippen LogP contribution < -0.4 is 11.1 Å². The van der Waals surface area contributed by atoms with E-state index in [9.17, 15) is 13.6 Å². The second-order valence-electron chi connectivity index (χ2n) is 3.49. The minimum Gasteiger partial charge on any atom is -0.322 e. The lowest BCUT2D eigenvalue weighted by atomic mass is 10.1. The number of carbonyl (C=O) groups excluding carboxylic acids is 1. The van der Waals surface area contributed by atoms with Crippen LogP contribution in [0.5, 0.6) is 0 Å². The summed E-state index contributed by atoms with van der Waals surface area (Å²) in [6.45, 7) is 1.88. The van der Waals surface area contributed by atoms with Gasteiger partial charge in [0.2, 0.25) is 5.91 Å². The minimum atomic E-state index is -1.07. The second-order valence-corrected chi connectivity index (χ2v) is 3.49. The molecule has 1 atom stereocenters. The van der Waals surface area contributed by atoms with Gasteiger partial charge >= 0.3 is 0 Å². The Labute approximate surface area is 92.6 Å². The molecule has 88 valence electrons. The third-order valence-corrected chi connectivity index (χ3v) is 2.15. The quantitative estimate of drug-likeness (QED) is 0.828. The van der Waals surface area contributed by atoms with E-state index >= 15 is 0 Å². The van der Waals surface area contributed by atoms with E-state index < -0.39 is 23.6 Å². The van der Waals surface area contributed by atoms with Crippen molar-refractivity contribution in [2.75, 3.05) is 5.32 Å². The first-order valence-corrected chi connectivity index (χ1v) is 5.06. The van der Waals surface area contributed by atoms with Crippen molar-refractivity contribution < 1.29 is 13.6 Å². The number of rotatable bonds is 4. The Morgan fingerprint density at radius 1 is 1.50 bits per heavy atom. The van der Waals surface area contributed by atoms with Gasteiger partial charge in [0.15, 0.2) is 11.6 Å². The summed E-state index contributed by atoms with van der Waals surface area (Å²) in [5, 5.41) is 2.26. The number of benzene rings is 1. The first-order chi connectivity index (χ1) is 7.56. The highest BCUT2D eigenvalue weighted by molar-refractivity contribution is 5.94. The molecule has 3 N–H and O–H groups in total. The molecule has 16 heavy (non-hydrogen) atoms. The van der Waals surface area contributed by atoms with Crippen LogP contribution in [0.3, 0.4) is 0 Å². The zero-order valence-electron chi connectivity index (χ0n) is 8.97. The van der Waals surface area contributed by atoms with Crippen molar-refractivity contribution in [1.29, 1.82) is 0 Å². The van der Waals surface area contributed by atoms with Gasteiger partial charge < -0.3 is 11.1 Å². The summed E-state index contributed by atoms with van der Waals surface area (Å²) >= 11 is 0. The predicted octanol–water partition coefficient (Wildman–Crippen LogP) is 2.03. The summed E-state index contributed by atoms with van der Waals surface area (Å²) in [6, 6.07) is 2.89. The number of nitrogens with one attached hydrogen (secondary N) is 1. The standard InChI is InChI=1S/C11H14F2N2O/c1-2-4-8(14)11(16)15-9-6-3-5-7(12)10(9)13/h3,5-6,8H,2,4,14H2,1H3,(H,15,16). The Balaban J connectivity index is 2.73. The molecule has 0 aliphatic rings. The van der Waals surface area contributed by atoms with Crippen molar-refractivity contribution in [1.82, 2.24) is 0 Å². The first-order valence-electron chi connectivity index (χ1n) is 5.06. The number of anilines is 1. The molecule has 1 unspecified atom stereocenters. The van der Waals surface area contributed by atoms with Crippen molar-refractivity contribution in [3.63, 3.8) is 0 Å². The van der Waals surface area contributed by atoms with Crippen molar-refractivity contribution in [3.8, 4) is 0 Å². The molecule has 3 nitrogen and oxygen atoms in total. The van der Waals surface area contributed by atoms with E-state index in [1.54, 1.807) is 0 Å². The van der Waals surface area contributed by atoms with Crippen molar-refractivity contribution >= 4 is 11.6 Å². The van der Waals surface area contributed by atoms with Crippen molar-refractivity contribution in [2.45, 2.75) is 25.8 Å². The summed E-state index contributed by atoms with van der Waals surface area (Å²) in [5.74, 6) is -2.58. The van der Waals surface area contributed by atoms with Gasteiger partial charge in [-0.05, 0) is 18.6 Å². The van der Waals surface area contributed by atoms with Crippen LogP contribution in [0.15, 0.2) is 18.2 Å². The topological polar surface area (TPSA) is 55.1 Å². The van der Waals surface area contributed by atoms with Gasteiger partial charge in [-0.2, -0.15) is 0 Å². The van der Waals surface area contributed by atoms with Crippen LogP contribution in [0.4, 0.5) is 14.5 Å². The van der Waals surface area contributed by atoms with Crippen LogP contribution in [0, 0.1) is 11.6 Å². The van der Waals surface area contributed by atoms with Gasteiger partial charge in [-0.1, -0.05) is 19.4 Å². The van der Waals surface area contributed by atoms with Crippen molar-refractivity contribution in [2.24, 2.45) is 5.73 Å². The average molecular weight is 228 g/mol. The first kappa shape index (κ1) is 12.6. The molecule has 0 bridgehead atoms. The highest BCUT2D eigenvalue weighted by Gasteiger charge is 2.15. The van der Waals surface area contributed by atoms with Crippen LogP contribution in [0.2, 0.25) is 0 Å². The van der Waals surface area contributed by atoms with Gasteiger partial charge in [-0.15, -0.1) is 0 Å². The fraction of sp³-hybridized carbons (Fsp3) is 0.364. The third kappa shape index (κ3) is 3.00. The average Bonchev–Trinajstić information content (AvgIpc) is 2.25. The minimum absolute atomic E-state index is 0.184. The highest BCUT2D eigenvalue weighted by atomic mass is 19.2. The second kappa shape index (κ2) is 5.55. The van der Waals surface area contributed by atoms with Crippen LogP contribution in [0.1, 0.15) is 19.8 Å². The summed E-state index contributed by atoms with van der Waals surface area (Å²) in [6.07, 6.45) is 1.25. The Morgan fingerprint density at radius 3 is 2.81 bits per heavy atom. The van der Waals surface area contributed by atoms with Gasteiger partial charge in [0.25, 0.3) is 0 Å². The maximum atomic E-state index is 13.2. The van der Waals surface area contributed by atoms with E-state index in [2.05, 4.69) is 5.32 Å². The normalized spacial score (nSPS) is 12.2. The summed E-state index contributed by atoms with van der Waals surface area (Å²) in [4.78, 5) is 11.4. The van der Waals surface area contributed by atoms with E-state index in [-0.39, 0.29) is 5.69 Å². The smallest absolute Gasteiger partial charge is 0.241 e. The van der Waals surface area contributed by atoms with E-state index in [1.165, 1.54) is 12.1 Å².